The number of benzene rings is 3. The fourth-order valence-electron chi connectivity index (χ4n) is 4.28. The SMILES string of the molecule is CCOc1ccc(N(CC(=O)N(CCc2ccccc2)[C@H](C)C(=O)N[C@H](C)CC)S(=O)(=O)c2ccc(C)cc2)cc1. The lowest BCUT2D eigenvalue weighted by Gasteiger charge is -2.32. The van der Waals surface area contributed by atoms with Crippen LogP contribution >= 0.6 is 0 Å². The molecule has 3 aromatic carbocycles. The van der Waals surface area contributed by atoms with E-state index >= 15 is 0 Å². The summed E-state index contributed by atoms with van der Waals surface area (Å²) in [5, 5.41) is 2.95. The van der Waals surface area contributed by atoms with Crippen molar-refractivity contribution in [3.63, 3.8) is 0 Å². The number of hydrogen-bond acceptors (Lipinski definition) is 5. The second kappa shape index (κ2) is 14.7. The summed E-state index contributed by atoms with van der Waals surface area (Å²) in [6.07, 6.45) is 1.26. The molecule has 0 bridgehead atoms. The number of sulfonamides is 1. The number of rotatable bonds is 14. The first-order chi connectivity index (χ1) is 19.6. The average molecular weight is 580 g/mol. The molecule has 220 valence electrons. The fraction of sp³-hybridized carbons (Fsp3) is 0.375. The molecular formula is C32H41N3O5S. The van der Waals surface area contributed by atoms with Gasteiger partial charge in [0.15, 0.2) is 0 Å². The van der Waals surface area contributed by atoms with Gasteiger partial charge >= 0.3 is 0 Å². The van der Waals surface area contributed by atoms with E-state index in [0.29, 0.717) is 24.5 Å². The van der Waals surface area contributed by atoms with Crippen LogP contribution < -0.4 is 14.4 Å². The van der Waals surface area contributed by atoms with Gasteiger partial charge in [0.1, 0.15) is 18.3 Å². The van der Waals surface area contributed by atoms with Crippen LogP contribution in [0.4, 0.5) is 5.69 Å². The molecule has 3 rings (SSSR count). The van der Waals surface area contributed by atoms with Crippen LogP contribution in [0.5, 0.6) is 5.75 Å². The molecule has 0 aliphatic carbocycles. The Labute approximate surface area is 244 Å². The zero-order chi connectivity index (χ0) is 30.0. The van der Waals surface area contributed by atoms with Crippen LogP contribution in [-0.4, -0.2) is 56.9 Å². The zero-order valence-corrected chi connectivity index (χ0v) is 25.4. The van der Waals surface area contributed by atoms with Crippen LogP contribution in [0.1, 0.15) is 45.2 Å². The van der Waals surface area contributed by atoms with Gasteiger partial charge in [-0.3, -0.25) is 13.9 Å². The first-order valence-electron chi connectivity index (χ1n) is 14.0. The number of hydrogen-bond donors (Lipinski definition) is 1. The summed E-state index contributed by atoms with van der Waals surface area (Å²) >= 11 is 0. The number of nitrogens with one attached hydrogen (secondary N) is 1. The lowest BCUT2D eigenvalue weighted by atomic mass is 10.1. The summed E-state index contributed by atoms with van der Waals surface area (Å²) in [6.45, 7) is 9.54. The third-order valence-electron chi connectivity index (χ3n) is 6.98. The Kier molecular flexibility index (Phi) is 11.3. The highest BCUT2D eigenvalue weighted by molar-refractivity contribution is 7.92. The summed E-state index contributed by atoms with van der Waals surface area (Å²) < 4.78 is 34.5. The minimum Gasteiger partial charge on any atom is -0.494 e. The molecule has 8 nitrogen and oxygen atoms in total. The molecule has 0 aliphatic rings. The van der Waals surface area contributed by atoms with Gasteiger partial charge in [-0.15, -0.1) is 0 Å². The van der Waals surface area contributed by atoms with Gasteiger partial charge in [-0.25, -0.2) is 8.42 Å². The number of carbonyl (C=O) groups excluding carboxylic acids is 2. The predicted octanol–water partition coefficient (Wildman–Crippen LogP) is 4.96. The first kappa shape index (κ1) is 31.7. The van der Waals surface area contributed by atoms with Gasteiger partial charge in [-0.1, -0.05) is 55.0 Å². The molecule has 2 amide bonds. The van der Waals surface area contributed by atoms with Crippen molar-refractivity contribution in [2.75, 3.05) is 24.0 Å². The van der Waals surface area contributed by atoms with E-state index in [-0.39, 0.29) is 23.4 Å². The third-order valence-corrected chi connectivity index (χ3v) is 8.76. The van der Waals surface area contributed by atoms with Crippen LogP contribution in [-0.2, 0) is 26.0 Å². The highest BCUT2D eigenvalue weighted by Crippen LogP contribution is 2.26. The van der Waals surface area contributed by atoms with E-state index in [2.05, 4.69) is 5.32 Å². The minimum absolute atomic E-state index is 0.0571. The number of aryl methyl sites for hydroxylation is 1. The van der Waals surface area contributed by atoms with Crippen molar-refractivity contribution in [3.05, 3.63) is 90.0 Å². The summed E-state index contributed by atoms with van der Waals surface area (Å²) in [6, 6.07) is 21.9. The molecule has 41 heavy (non-hydrogen) atoms. The Morgan fingerprint density at radius 1 is 0.902 bits per heavy atom. The number of nitrogens with zero attached hydrogens (tertiary/aromatic N) is 2. The molecule has 0 spiro atoms. The second-order valence-corrected chi connectivity index (χ2v) is 11.9. The van der Waals surface area contributed by atoms with E-state index in [0.717, 1.165) is 21.9 Å². The normalized spacial score (nSPS) is 12.7. The van der Waals surface area contributed by atoms with Gasteiger partial charge in [-0.2, -0.15) is 0 Å². The Morgan fingerprint density at radius 3 is 2.12 bits per heavy atom. The van der Waals surface area contributed by atoms with E-state index in [1.165, 1.54) is 17.0 Å². The summed E-state index contributed by atoms with van der Waals surface area (Å²) in [7, 11) is -4.12. The number of carbonyl (C=O) groups is 2. The van der Waals surface area contributed by atoms with Crippen molar-refractivity contribution in [2.24, 2.45) is 0 Å². The molecule has 0 aliphatic heterocycles. The lowest BCUT2D eigenvalue weighted by Crippen LogP contribution is -2.53. The standard InChI is InChI=1S/C32H41N3O5S/c1-6-25(4)33-32(37)26(5)34(22-21-27-11-9-8-10-12-27)31(36)23-35(28-15-17-29(18-16-28)40-7-2)41(38,39)30-19-13-24(3)14-20-30/h8-20,25-26H,6-7,21-23H2,1-5H3,(H,33,37)/t25-,26-/m1/s1. The molecule has 3 aromatic rings. The second-order valence-electron chi connectivity index (χ2n) is 10.1. The topological polar surface area (TPSA) is 96.0 Å². The van der Waals surface area contributed by atoms with Crippen LogP contribution in [0, 0.1) is 6.92 Å². The molecule has 0 fully saturated rings. The first-order valence-corrected chi connectivity index (χ1v) is 15.5. The fourth-order valence-corrected chi connectivity index (χ4v) is 5.69. The van der Waals surface area contributed by atoms with Gasteiger partial charge in [0.2, 0.25) is 11.8 Å². The Balaban J connectivity index is 1.98. The lowest BCUT2D eigenvalue weighted by molar-refractivity contribution is -0.139. The highest BCUT2D eigenvalue weighted by Gasteiger charge is 2.32. The van der Waals surface area contributed by atoms with E-state index < -0.39 is 28.5 Å². The quantitative estimate of drug-likeness (QED) is 0.291. The van der Waals surface area contributed by atoms with Crippen LogP contribution in [0.25, 0.3) is 0 Å². The minimum atomic E-state index is -4.12. The average Bonchev–Trinajstić information content (AvgIpc) is 2.97. The molecule has 0 aromatic heterocycles. The molecule has 0 unspecified atom stereocenters. The van der Waals surface area contributed by atoms with Crippen molar-refractivity contribution >= 4 is 27.5 Å². The van der Waals surface area contributed by atoms with Crippen molar-refractivity contribution in [2.45, 2.75) is 64.4 Å². The predicted molar refractivity (Wildman–Crippen MR) is 163 cm³/mol. The van der Waals surface area contributed by atoms with E-state index in [1.807, 2.05) is 58.0 Å². The maximum atomic E-state index is 14.0. The maximum Gasteiger partial charge on any atom is 0.264 e. The van der Waals surface area contributed by atoms with Crippen LogP contribution in [0.3, 0.4) is 0 Å². The van der Waals surface area contributed by atoms with Gasteiger partial charge in [0, 0.05) is 12.6 Å². The molecule has 1 N–H and O–H groups in total. The number of anilines is 1. The van der Waals surface area contributed by atoms with E-state index in [9.17, 15) is 18.0 Å². The molecule has 0 saturated heterocycles. The van der Waals surface area contributed by atoms with Crippen molar-refractivity contribution < 1.29 is 22.7 Å². The zero-order valence-electron chi connectivity index (χ0n) is 24.5. The van der Waals surface area contributed by atoms with Crippen LogP contribution in [0.2, 0.25) is 0 Å². The largest absolute Gasteiger partial charge is 0.494 e. The van der Waals surface area contributed by atoms with Gasteiger partial charge in [0.25, 0.3) is 10.0 Å². The number of amides is 2. The van der Waals surface area contributed by atoms with E-state index in [1.54, 1.807) is 43.3 Å². The molecule has 2 atom stereocenters. The maximum absolute atomic E-state index is 14.0. The van der Waals surface area contributed by atoms with Gasteiger partial charge in [-0.05, 0) is 82.5 Å². The van der Waals surface area contributed by atoms with Crippen molar-refractivity contribution in [1.29, 1.82) is 0 Å². The van der Waals surface area contributed by atoms with Gasteiger partial charge in [0.05, 0.1) is 17.2 Å². The molecule has 0 saturated carbocycles. The number of ether oxygens (including phenoxy) is 1. The smallest absolute Gasteiger partial charge is 0.264 e. The monoisotopic (exact) mass is 579 g/mol. The Hall–Kier alpha value is -3.85. The summed E-state index contributed by atoms with van der Waals surface area (Å²) in [4.78, 5) is 28.6. The third kappa shape index (κ3) is 8.57. The highest BCUT2D eigenvalue weighted by atomic mass is 32.2. The van der Waals surface area contributed by atoms with E-state index in [4.69, 9.17) is 4.74 Å². The van der Waals surface area contributed by atoms with Crippen molar-refractivity contribution in [1.82, 2.24) is 10.2 Å². The molecule has 9 heteroatoms. The summed E-state index contributed by atoms with van der Waals surface area (Å²) in [5.41, 5.74) is 2.25. The van der Waals surface area contributed by atoms with Crippen LogP contribution in [0.15, 0.2) is 83.8 Å². The molecule has 0 radical (unpaired) electrons. The Bertz CT molecular complexity index is 1380. The Morgan fingerprint density at radius 2 is 1.54 bits per heavy atom. The van der Waals surface area contributed by atoms with Gasteiger partial charge < -0.3 is 15.0 Å². The van der Waals surface area contributed by atoms with Crippen molar-refractivity contribution in [3.8, 4) is 5.75 Å². The molecular weight excluding hydrogens is 538 g/mol. The summed E-state index contributed by atoms with van der Waals surface area (Å²) in [5.74, 6) is -0.165. The molecule has 0 heterocycles.